The molecular weight excluding hydrogens is 514 g/mol. The quantitative estimate of drug-likeness (QED) is 0.217. The van der Waals surface area contributed by atoms with Crippen LogP contribution in [-0.4, -0.2) is 62.1 Å². The number of carbonyl (C=O) groups is 1. The summed E-state index contributed by atoms with van der Waals surface area (Å²) in [6.07, 6.45) is 7.72. The Balaban J connectivity index is 1.41. The fourth-order valence-corrected chi connectivity index (χ4v) is 6.23. The molecule has 198 valence electrons. The summed E-state index contributed by atoms with van der Waals surface area (Å²) in [5, 5.41) is 0. The molecule has 1 aromatic carbocycles. The second kappa shape index (κ2) is 12.2. The van der Waals surface area contributed by atoms with Gasteiger partial charge in [-0.05, 0) is 30.2 Å². The van der Waals surface area contributed by atoms with E-state index >= 15 is 0 Å². The van der Waals surface area contributed by atoms with Crippen molar-refractivity contribution in [2.75, 3.05) is 37.6 Å². The molecule has 3 aromatic rings. The van der Waals surface area contributed by atoms with E-state index in [0.717, 1.165) is 58.4 Å². The van der Waals surface area contributed by atoms with E-state index in [0.29, 0.717) is 32.8 Å². The molecule has 0 radical (unpaired) electrons. The van der Waals surface area contributed by atoms with Crippen molar-refractivity contribution in [1.82, 2.24) is 19.2 Å². The molecule has 9 heteroatoms. The number of unbranched alkanes of at least 4 members (excludes halogenated alkanes) is 3. The number of aromatic nitrogens is 2. The van der Waals surface area contributed by atoms with Gasteiger partial charge in [0, 0.05) is 45.5 Å². The zero-order valence-electron chi connectivity index (χ0n) is 21.7. The minimum absolute atomic E-state index is 0.118. The van der Waals surface area contributed by atoms with Gasteiger partial charge in [0.25, 0.3) is 11.5 Å². The molecule has 0 spiro atoms. The Morgan fingerprint density at radius 3 is 2.50 bits per heavy atom. The van der Waals surface area contributed by atoms with Crippen molar-refractivity contribution in [2.45, 2.75) is 39.2 Å². The molecule has 4 heterocycles. The number of hydrogen-bond acceptors (Lipinski definition) is 7. The van der Waals surface area contributed by atoms with Crippen molar-refractivity contribution in [3.05, 3.63) is 81.1 Å². The van der Waals surface area contributed by atoms with Crippen molar-refractivity contribution in [1.29, 1.82) is 0 Å². The zero-order valence-corrected chi connectivity index (χ0v) is 23.3. The molecule has 1 amide bonds. The van der Waals surface area contributed by atoms with Gasteiger partial charge < -0.3 is 4.90 Å². The highest BCUT2D eigenvalue weighted by Crippen LogP contribution is 2.34. The number of nitrogens with zero attached hydrogens (tertiary/aromatic N) is 5. The topological polar surface area (TPSA) is 61.2 Å². The summed E-state index contributed by atoms with van der Waals surface area (Å²) in [6.45, 7) is 6.92. The normalized spacial score (nSPS) is 17.8. The highest BCUT2D eigenvalue weighted by Gasteiger charge is 2.33. The monoisotopic (exact) mass is 547 g/mol. The number of fused-ring (bicyclic) bond motifs is 1. The Hall–Kier alpha value is -3.01. The van der Waals surface area contributed by atoms with Crippen molar-refractivity contribution < 1.29 is 4.79 Å². The van der Waals surface area contributed by atoms with Gasteiger partial charge in [-0.25, -0.2) is 4.98 Å². The number of carbonyl (C=O) groups excluding carboxylic acids is 1. The first kappa shape index (κ1) is 26.6. The van der Waals surface area contributed by atoms with Crippen LogP contribution in [0.1, 0.15) is 43.7 Å². The standard InChI is InChI=1S/C29H33N5O2S2/c1-2-3-4-9-15-34-28(36)24(38-29(34)37)20-23-26(30-25-13-8-10-14-33(25)27(23)35)32-18-16-31(17-19-32)21-22-11-6-5-7-12-22/h5-8,10-14,20H,2-4,9,15-19,21H2,1H3/b24-20-. The molecule has 2 aromatic heterocycles. The van der Waals surface area contributed by atoms with Crippen LogP contribution in [0.15, 0.2) is 64.4 Å². The number of amides is 1. The van der Waals surface area contributed by atoms with Crippen LogP contribution in [0.2, 0.25) is 0 Å². The van der Waals surface area contributed by atoms with Crippen molar-refractivity contribution in [3.63, 3.8) is 0 Å². The van der Waals surface area contributed by atoms with Crippen LogP contribution >= 0.6 is 24.0 Å². The summed E-state index contributed by atoms with van der Waals surface area (Å²) in [5.74, 6) is 0.515. The fourth-order valence-electron chi connectivity index (χ4n) is 4.94. The molecule has 2 saturated heterocycles. The lowest BCUT2D eigenvalue weighted by Gasteiger charge is -2.36. The molecule has 38 heavy (non-hydrogen) atoms. The van der Waals surface area contributed by atoms with Gasteiger partial charge >= 0.3 is 0 Å². The summed E-state index contributed by atoms with van der Waals surface area (Å²) in [7, 11) is 0. The van der Waals surface area contributed by atoms with Crippen LogP contribution in [-0.2, 0) is 11.3 Å². The van der Waals surface area contributed by atoms with Gasteiger partial charge in [-0.1, -0.05) is 86.6 Å². The Morgan fingerprint density at radius 1 is 0.974 bits per heavy atom. The maximum atomic E-state index is 13.7. The third-order valence-electron chi connectivity index (χ3n) is 7.05. The van der Waals surface area contributed by atoms with Gasteiger partial charge in [-0.15, -0.1) is 0 Å². The number of rotatable bonds is 9. The predicted octanol–water partition coefficient (Wildman–Crippen LogP) is 4.80. The van der Waals surface area contributed by atoms with E-state index in [1.807, 2.05) is 24.3 Å². The van der Waals surface area contributed by atoms with Crippen LogP contribution in [0.25, 0.3) is 11.7 Å². The van der Waals surface area contributed by atoms with E-state index in [2.05, 4.69) is 41.0 Å². The average molecular weight is 548 g/mol. The highest BCUT2D eigenvalue weighted by atomic mass is 32.2. The molecule has 0 bridgehead atoms. The number of piperazine rings is 1. The molecule has 0 aliphatic carbocycles. The van der Waals surface area contributed by atoms with Gasteiger partial charge in [0.2, 0.25) is 0 Å². The van der Waals surface area contributed by atoms with Gasteiger partial charge in [-0.3, -0.25) is 23.8 Å². The molecular formula is C29H33N5O2S2. The lowest BCUT2D eigenvalue weighted by atomic mass is 10.1. The predicted molar refractivity (Wildman–Crippen MR) is 159 cm³/mol. The van der Waals surface area contributed by atoms with Gasteiger partial charge in [0.05, 0.1) is 10.5 Å². The summed E-state index contributed by atoms with van der Waals surface area (Å²) in [4.78, 5) is 38.6. The summed E-state index contributed by atoms with van der Waals surface area (Å²) in [6, 6.07) is 16.0. The third kappa shape index (κ3) is 5.85. The Labute approximate surface area is 233 Å². The zero-order chi connectivity index (χ0) is 26.5. The number of pyridine rings is 1. The molecule has 5 rings (SSSR count). The van der Waals surface area contributed by atoms with Gasteiger partial charge in [-0.2, -0.15) is 0 Å². The van der Waals surface area contributed by atoms with E-state index < -0.39 is 0 Å². The molecule has 0 saturated carbocycles. The lowest BCUT2D eigenvalue weighted by Crippen LogP contribution is -2.47. The molecule has 0 unspecified atom stereocenters. The first-order chi connectivity index (χ1) is 18.5. The van der Waals surface area contributed by atoms with E-state index in [-0.39, 0.29) is 11.5 Å². The van der Waals surface area contributed by atoms with Crippen LogP contribution in [0.4, 0.5) is 5.82 Å². The molecule has 0 N–H and O–H groups in total. The van der Waals surface area contributed by atoms with E-state index in [1.165, 1.54) is 17.3 Å². The van der Waals surface area contributed by atoms with Crippen LogP contribution in [0.3, 0.4) is 0 Å². The largest absolute Gasteiger partial charge is 0.353 e. The van der Waals surface area contributed by atoms with Gasteiger partial charge in [0.1, 0.15) is 15.8 Å². The van der Waals surface area contributed by atoms with E-state index in [4.69, 9.17) is 17.2 Å². The van der Waals surface area contributed by atoms with Crippen molar-refractivity contribution in [2.24, 2.45) is 0 Å². The smallest absolute Gasteiger partial charge is 0.267 e. The molecule has 2 fully saturated rings. The highest BCUT2D eigenvalue weighted by molar-refractivity contribution is 8.26. The number of thioether (sulfide) groups is 1. The SMILES string of the molecule is CCCCCCN1C(=O)/C(=C/c2c(N3CCN(Cc4ccccc4)CC3)nc3ccccn3c2=O)SC1=S. The average Bonchev–Trinajstić information content (AvgIpc) is 3.21. The van der Waals surface area contributed by atoms with Crippen molar-refractivity contribution in [3.8, 4) is 0 Å². The lowest BCUT2D eigenvalue weighted by molar-refractivity contribution is -0.122. The summed E-state index contributed by atoms with van der Waals surface area (Å²) >= 11 is 6.81. The number of thiocarbonyl (C=S) groups is 1. The Bertz CT molecular complexity index is 1400. The minimum atomic E-state index is -0.175. The van der Waals surface area contributed by atoms with Crippen LogP contribution in [0.5, 0.6) is 0 Å². The van der Waals surface area contributed by atoms with Gasteiger partial charge in [0.15, 0.2) is 0 Å². The second-order valence-corrected chi connectivity index (χ2v) is 11.4. The first-order valence-corrected chi connectivity index (χ1v) is 14.6. The maximum Gasteiger partial charge on any atom is 0.267 e. The Morgan fingerprint density at radius 2 is 1.74 bits per heavy atom. The van der Waals surface area contributed by atoms with E-state index in [9.17, 15) is 9.59 Å². The molecule has 7 nitrogen and oxygen atoms in total. The summed E-state index contributed by atoms with van der Waals surface area (Å²) in [5.41, 5.74) is 2.16. The summed E-state index contributed by atoms with van der Waals surface area (Å²) < 4.78 is 2.11. The molecule has 2 aliphatic rings. The number of anilines is 1. The molecule has 0 atom stereocenters. The first-order valence-electron chi connectivity index (χ1n) is 13.3. The Kier molecular flexibility index (Phi) is 8.56. The van der Waals surface area contributed by atoms with Crippen LogP contribution < -0.4 is 10.5 Å². The van der Waals surface area contributed by atoms with E-state index in [1.54, 1.807) is 21.6 Å². The maximum absolute atomic E-state index is 13.7. The van der Waals surface area contributed by atoms with Crippen LogP contribution in [0, 0.1) is 0 Å². The number of benzene rings is 1. The van der Waals surface area contributed by atoms with Crippen molar-refractivity contribution >= 4 is 51.7 Å². The molecule has 2 aliphatic heterocycles. The second-order valence-electron chi connectivity index (χ2n) is 9.73. The fraction of sp³-hybridized carbons (Fsp3) is 0.379. The third-order valence-corrected chi connectivity index (χ3v) is 8.43. The number of hydrogen-bond donors (Lipinski definition) is 0. The minimum Gasteiger partial charge on any atom is -0.353 e.